The van der Waals surface area contributed by atoms with E-state index in [-0.39, 0.29) is 0 Å². The third kappa shape index (κ3) is 6.82. The summed E-state index contributed by atoms with van der Waals surface area (Å²) in [5, 5.41) is 1.17. The molecule has 0 N–H and O–H groups in total. The van der Waals surface area contributed by atoms with Crippen LogP contribution in [0.2, 0.25) is 0 Å². The van der Waals surface area contributed by atoms with Gasteiger partial charge in [-0.25, -0.2) is 4.98 Å². The summed E-state index contributed by atoms with van der Waals surface area (Å²) in [6, 6.07) is 17.8. The molecule has 1 aliphatic heterocycles. The zero-order chi connectivity index (χ0) is 22.5. The molecule has 30 heavy (non-hydrogen) atoms. The quantitative estimate of drug-likeness (QED) is 0.430. The fraction of sp³-hybridized carbons (Fsp3) is 0.500. The third-order valence-electron chi connectivity index (χ3n) is 4.97. The van der Waals surface area contributed by atoms with Crippen LogP contribution in [0, 0.1) is 6.92 Å². The Kier molecular flexibility index (Phi) is 12.3. The minimum Gasteiger partial charge on any atom is -0.345 e. The molecule has 2 aromatic carbocycles. The second-order valence-electron chi connectivity index (χ2n) is 6.57. The van der Waals surface area contributed by atoms with Gasteiger partial charge in [-0.3, -0.25) is 4.90 Å². The predicted octanol–water partition coefficient (Wildman–Crippen LogP) is 7.57. The maximum atomic E-state index is 4.80. The van der Waals surface area contributed by atoms with E-state index in [2.05, 4.69) is 72.2 Å². The van der Waals surface area contributed by atoms with Gasteiger partial charge in [0.05, 0.1) is 10.2 Å². The number of piperazine rings is 1. The number of nitrogens with zero attached hydrogens (tertiary/aromatic N) is 3. The third-order valence-corrected chi connectivity index (χ3v) is 6.07. The highest BCUT2D eigenvalue weighted by Gasteiger charge is 2.23. The van der Waals surface area contributed by atoms with E-state index < -0.39 is 0 Å². The van der Waals surface area contributed by atoms with E-state index in [1.54, 1.807) is 0 Å². The van der Waals surface area contributed by atoms with Crippen molar-refractivity contribution in [3.63, 3.8) is 0 Å². The van der Waals surface area contributed by atoms with Crippen molar-refractivity contribution < 1.29 is 0 Å². The average Bonchev–Trinajstić information content (AvgIpc) is 3.27. The molecule has 0 radical (unpaired) electrons. The number of benzene rings is 2. The molecule has 0 bridgehead atoms. The maximum absolute atomic E-state index is 4.80. The van der Waals surface area contributed by atoms with E-state index in [4.69, 9.17) is 4.98 Å². The lowest BCUT2D eigenvalue weighted by Gasteiger charge is -2.38. The van der Waals surface area contributed by atoms with Gasteiger partial charge >= 0.3 is 0 Å². The lowest BCUT2D eigenvalue weighted by atomic mass is 10.0. The molecule has 3 aromatic rings. The molecule has 166 valence electrons. The SMILES string of the molecule is CC.CC.CC.Cc1ccc(C(C)N2CCN(c3nc4ccccc4s3)CC2)cc1. The van der Waals surface area contributed by atoms with Gasteiger partial charge in [-0.15, -0.1) is 0 Å². The summed E-state index contributed by atoms with van der Waals surface area (Å²) in [6.07, 6.45) is 0. The molecule has 0 saturated carbocycles. The van der Waals surface area contributed by atoms with Crippen LogP contribution in [-0.4, -0.2) is 36.1 Å². The van der Waals surface area contributed by atoms with E-state index >= 15 is 0 Å². The molecule has 0 spiro atoms. The number of anilines is 1. The molecule has 1 saturated heterocycles. The monoisotopic (exact) mass is 427 g/mol. The van der Waals surface area contributed by atoms with Crippen molar-refractivity contribution in [3.8, 4) is 0 Å². The van der Waals surface area contributed by atoms with Crippen LogP contribution < -0.4 is 4.90 Å². The molecule has 1 aromatic heterocycles. The Morgan fingerprint density at radius 3 is 1.93 bits per heavy atom. The van der Waals surface area contributed by atoms with Gasteiger partial charge in [-0.05, 0) is 31.5 Å². The molecule has 1 atom stereocenters. The smallest absolute Gasteiger partial charge is 0.186 e. The van der Waals surface area contributed by atoms with Crippen LogP contribution in [0.25, 0.3) is 10.2 Å². The Morgan fingerprint density at radius 2 is 1.37 bits per heavy atom. The number of rotatable bonds is 3. The zero-order valence-electron chi connectivity index (χ0n) is 20.3. The van der Waals surface area contributed by atoms with Gasteiger partial charge in [0.25, 0.3) is 0 Å². The highest BCUT2D eigenvalue weighted by Crippen LogP contribution is 2.30. The topological polar surface area (TPSA) is 19.4 Å². The molecule has 1 aliphatic rings. The second-order valence-corrected chi connectivity index (χ2v) is 7.58. The van der Waals surface area contributed by atoms with Crippen LogP contribution in [0.3, 0.4) is 0 Å². The van der Waals surface area contributed by atoms with Crippen molar-refractivity contribution in [2.24, 2.45) is 0 Å². The van der Waals surface area contributed by atoms with Crippen LogP contribution in [0.5, 0.6) is 0 Å². The normalized spacial score (nSPS) is 14.5. The molecular weight excluding hydrogens is 386 g/mol. The van der Waals surface area contributed by atoms with Crippen LogP contribution in [-0.2, 0) is 0 Å². The Bertz CT molecular complexity index is 785. The molecule has 2 heterocycles. The van der Waals surface area contributed by atoms with Gasteiger partial charge in [0.1, 0.15) is 0 Å². The Labute approximate surface area is 188 Å². The van der Waals surface area contributed by atoms with Crippen LogP contribution >= 0.6 is 11.3 Å². The Morgan fingerprint density at radius 1 is 0.800 bits per heavy atom. The summed E-state index contributed by atoms with van der Waals surface area (Å²) in [5.74, 6) is 0. The minimum atomic E-state index is 0.475. The summed E-state index contributed by atoms with van der Waals surface area (Å²) < 4.78 is 1.28. The van der Waals surface area contributed by atoms with Crippen molar-refractivity contribution in [2.45, 2.75) is 61.4 Å². The Balaban J connectivity index is 0.000000691. The summed E-state index contributed by atoms with van der Waals surface area (Å²) in [4.78, 5) is 9.81. The first-order valence-electron chi connectivity index (χ1n) is 11.6. The number of aryl methyl sites for hydroxylation is 1. The van der Waals surface area contributed by atoms with E-state index in [0.29, 0.717) is 6.04 Å². The number of hydrogen-bond donors (Lipinski definition) is 0. The van der Waals surface area contributed by atoms with E-state index in [1.807, 2.05) is 52.9 Å². The van der Waals surface area contributed by atoms with Crippen molar-refractivity contribution in [1.82, 2.24) is 9.88 Å². The molecular formula is C26H41N3S. The summed E-state index contributed by atoms with van der Waals surface area (Å²) in [7, 11) is 0. The van der Waals surface area contributed by atoms with Gasteiger partial charge < -0.3 is 4.90 Å². The fourth-order valence-electron chi connectivity index (χ4n) is 3.35. The Hall–Kier alpha value is -1.91. The number of para-hydroxylation sites is 1. The van der Waals surface area contributed by atoms with Crippen LogP contribution in [0.15, 0.2) is 48.5 Å². The van der Waals surface area contributed by atoms with Crippen molar-refractivity contribution in [1.29, 1.82) is 0 Å². The number of hydrogen-bond acceptors (Lipinski definition) is 4. The fourth-order valence-corrected chi connectivity index (χ4v) is 4.37. The maximum Gasteiger partial charge on any atom is 0.186 e. The highest BCUT2D eigenvalue weighted by molar-refractivity contribution is 7.22. The van der Waals surface area contributed by atoms with E-state index in [9.17, 15) is 0 Å². The minimum absolute atomic E-state index is 0.475. The molecule has 4 rings (SSSR count). The van der Waals surface area contributed by atoms with Gasteiger partial charge in [0.2, 0.25) is 0 Å². The van der Waals surface area contributed by atoms with Crippen molar-refractivity contribution in [2.75, 3.05) is 31.1 Å². The molecule has 0 aliphatic carbocycles. The number of fused-ring (bicyclic) bond motifs is 1. The van der Waals surface area contributed by atoms with Crippen LogP contribution in [0.4, 0.5) is 5.13 Å². The van der Waals surface area contributed by atoms with E-state index in [0.717, 1.165) is 31.7 Å². The lowest BCUT2D eigenvalue weighted by molar-refractivity contribution is 0.198. The molecule has 0 amide bonds. The summed E-state index contributed by atoms with van der Waals surface area (Å²) >= 11 is 1.81. The highest BCUT2D eigenvalue weighted by atomic mass is 32.1. The number of thiazole rings is 1. The van der Waals surface area contributed by atoms with Gasteiger partial charge in [-0.2, -0.15) is 0 Å². The van der Waals surface area contributed by atoms with Gasteiger partial charge in [0.15, 0.2) is 5.13 Å². The molecule has 3 nitrogen and oxygen atoms in total. The average molecular weight is 428 g/mol. The first kappa shape index (κ1) is 26.1. The van der Waals surface area contributed by atoms with Crippen molar-refractivity contribution in [3.05, 3.63) is 59.7 Å². The zero-order valence-corrected chi connectivity index (χ0v) is 21.1. The number of aromatic nitrogens is 1. The largest absolute Gasteiger partial charge is 0.345 e. The van der Waals surface area contributed by atoms with Gasteiger partial charge in [-0.1, -0.05) is 94.8 Å². The molecule has 1 unspecified atom stereocenters. The predicted molar refractivity (Wildman–Crippen MR) is 137 cm³/mol. The summed E-state index contributed by atoms with van der Waals surface area (Å²) in [6.45, 7) is 20.7. The van der Waals surface area contributed by atoms with Gasteiger partial charge in [0, 0.05) is 32.2 Å². The summed E-state index contributed by atoms with van der Waals surface area (Å²) in [5.41, 5.74) is 3.86. The molecule has 4 heteroatoms. The second kappa shape index (κ2) is 14.2. The van der Waals surface area contributed by atoms with Crippen LogP contribution in [0.1, 0.15) is 65.6 Å². The molecule has 1 fully saturated rings. The lowest BCUT2D eigenvalue weighted by Crippen LogP contribution is -2.47. The van der Waals surface area contributed by atoms with E-state index in [1.165, 1.54) is 21.0 Å². The first-order valence-corrected chi connectivity index (χ1v) is 12.4. The standard InChI is InChI=1S/C20H23N3S.3C2H6/c1-15-7-9-17(10-8-15)16(2)22-11-13-23(14-12-22)20-21-18-5-3-4-6-19(18)24-20;3*1-2/h3-10,16H,11-14H2,1-2H3;3*1-2H3. The van der Waals surface area contributed by atoms with Crippen molar-refractivity contribution >= 4 is 26.7 Å². The first-order chi connectivity index (χ1) is 14.7.